The maximum Gasteiger partial charge on any atom is 0.422 e. The highest BCUT2D eigenvalue weighted by Crippen LogP contribution is 2.29. The zero-order chi connectivity index (χ0) is 29.2. The zero-order valence-corrected chi connectivity index (χ0v) is 23.6. The quantitative estimate of drug-likeness (QED) is 0.266. The number of hydrogen-bond donors (Lipinski definition) is 0. The normalized spacial score (nSPS) is 12.9. The highest BCUT2D eigenvalue weighted by molar-refractivity contribution is 7.84. The first kappa shape index (κ1) is 29.2. The summed E-state index contributed by atoms with van der Waals surface area (Å²) >= 11 is 0. The summed E-state index contributed by atoms with van der Waals surface area (Å²) < 4.78 is 57.9. The number of aromatic nitrogens is 4. The third kappa shape index (κ3) is 6.67. The first-order valence-corrected chi connectivity index (χ1v) is 13.8. The van der Waals surface area contributed by atoms with Crippen LogP contribution < -0.4 is 9.64 Å². The Labute approximate surface area is 232 Å². The molecule has 0 saturated heterocycles. The monoisotopic (exact) mass is 573 g/mol. The number of halogens is 3. The van der Waals surface area contributed by atoms with Crippen LogP contribution in [-0.4, -0.2) is 49.6 Å². The minimum Gasteiger partial charge on any atom is -0.484 e. The van der Waals surface area contributed by atoms with Crippen LogP contribution in [0.3, 0.4) is 0 Å². The van der Waals surface area contributed by atoms with Gasteiger partial charge in [0.05, 0.1) is 33.3 Å². The van der Waals surface area contributed by atoms with Gasteiger partial charge in [-0.1, -0.05) is 39.0 Å². The van der Waals surface area contributed by atoms with Crippen molar-refractivity contribution in [2.45, 2.75) is 51.2 Å². The summed E-state index contributed by atoms with van der Waals surface area (Å²) in [6.07, 6.45) is -0.922. The van der Waals surface area contributed by atoms with E-state index >= 15 is 0 Å². The minimum absolute atomic E-state index is 0.00540. The van der Waals surface area contributed by atoms with Crippen molar-refractivity contribution in [1.82, 2.24) is 19.5 Å². The SMILES string of the molecule is Cc1c(OCC(F)(F)F)ccnc1C[S@@](=O)c1nc2ccccc2n1C(=O)N(C)c1ncccc1CC(C)(C)C. The van der Waals surface area contributed by atoms with Gasteiger partial charge in [-0.25, -0.2) is 19.3 Å². The number of carbonyl (C=O) groups is 1. The molecule has 0 aliphatic carbocycles. The van der Waals surface area contributed by atoms with E-state index in [1.54, 1.807) is 44.4 Å². The van der Waals surface area contributed by atoms with Crippen LogP contribution in [0.4, 0.5) is 23.8 Å². The van der Waals surface area contributed by atoms with Crippen molar-refractivity contribution < 1.29 is 26.9 Å². The molecule has 3 aromatic heterocycles. The molecule has 0 unspecified atom stereocenters. The Morgan fingerprint density at radius 2 is 1.77 bits per heavy atom. The van der Waals surface area contributed by atoms with Gasteiger partial charge in [-0.15, -0.1) is 0 Å². The maximum atomic E-state index is 13.9. The number of anilines is 1. The number of carbonyl (C=O) groups excluding carboxylic acids is 1. The van der Waals surface area contributed by atoms with Crippen LogP contribution in [0.5, 0.6) is 5.75 Å². The molecular formula is C28H30F3N5O3S. The number of alkyl halides is 3. The van der Waals surface area contributed by atoms with E-state index in [-0.39, 0.29) is 27.8 Å². The predicted octanol–water partition coefficient (Wildman–Crippen LogP) is 6.08. The van der Waals surface area contributed by atoms with E-state index < -0.39 is 29.6 Å². The van der Waals surface area contributed by atoms with Gasteiger partial charge in [0.25, 0.3) is 0 Å². The molecule has 0 aliphatic rings. The van der Waals surface area contributed by atoms with E-state index in [1.165, 1.54) is 21.7 Å². The molecular weight excluding hydrogens is 543 g/mol. The first-order valence-electron chi connectivity index (χ1n) is 12.5. The average molecular weight is 574 g/mol. The molecule has 40 heavy (non-hydrogen) atoms. The lowest BCUT2D eigenvalue weighted by atomic mass is 9.88. The largest absolute Gasteiger partial charge is 0.484 e. The molecule has 0 saturated carbocycles. The number of amides is 1. The Morgan fingerprint density at radius 1 is 1.05 bits per heavy atom. The Kier molecular flexibility index (Phi) is 8.29. The topological polar surface area (TPSA) is 90.2 Å². The highest BCUT2D eigenvalue weighted by atomic mass is 32.2. The molecule has 0 radical (unpaired) electrons. The highest BCUT2D eigenvalue weighted by Gasteiger charge is 2.30. The van der Waals surface area contributed by atoms with Gasteiger partial charge in [-0.05, 0) is 48.6 Å². The van der Waals surface area contributed by atoms with Crippen LogP contribution in [0.15, 0.2) is 60.0 Å². The standard InChI is InChI=1S/C28H30F3N5O3S/c1-18-21(32-14-12-23(18)39-17-28(29,30)31)16-40(38)25-34-20-10-6-7-11-22(20)36(25)26(37)35(5)24-19(9-8-13-33-24)15-27(2,3)4/h6-14H,15-17H2,1-5H3/t40-/m1/s1. The smallest absolute Gasteiger partial charge is 0.422 e. The van der Waals surface area contributed by atoms with Crippen molar-refractivity contribution in [3.8, 4) is 5.75 Å². The second kappa shape index (κ2) is 11.4. The molecule has 1 aromatic carbocycles. The molecule has 12 heteroatoms. The second-order valence-corrected chi connectivity index (χ2v) is 11.9. The van der Waals surface area contributed by atoms with Gasteiger partial charge >= 0.3 is 12.2 Å². The van der Waals surface area contributed by atoms with Crippen molar-refractivity contribution in [3.05, 3.63) is 71.7 Å². The fourth-order valence-corrected chi connectivity index (χ4v) is 5.48. The number of imidazole rings is 1. The van der Waals surface area contributed by atoms with Gasteiger partial charge in [-0.2, -0.15) is 13.2 Å². The van der Waals surface area contributed by atoms with Gasteiger partial charge in [0.2, 0.25) is 5.16 Å². The van der Waals surface area contributed by atoms with Crippen molar-refractivity contribution in [2.24, 2.45) is 5.41 Å². The number of para-hydroxylation sites is 2. The Hall–Kier alpha value is -3.80. The second-order valence-electron chi connectivity index (χ2n) is 10.6. The summed E-state index contributed by atoms with van der Waals surface area (Å²) in [5.74, 6) is 0.281. The van der Waals surface area contributed by atoms with E-state index in [2.05, 4.69) is 35.7 Å². The number of nitrogens with zero attached hydrogens (tertiary/aromatic N) is 5. The summed E-state index contributed by atoms with van der Waals surface area (Å²) in [4.78, 5) is 28.5. The molecule has 3 heterocycles. The van der Waals surface area contributed by atoms with Gasteiger partial charge in [-0.3, -0.25) is 14.1 Å². The molecule has 1 atom stereocenters. The molecule has 0 N–H and O–H groups in total. The molecule has 8 nitrogen and oxygen atoms in total. The Balaban J connectivity index is 1.70. The van der Waals surface area contributed by atoms with Crippen molar-refractivity contribution >= 4 is 33.7 Å². The summed E-state index contributed by atoms with van der Waals surface area (Å²) in [5.41, 5.74) is 2.35. The van der Waals surface area contributed by atoms with Crippen molar-refractivity contribution in [3.63, 3.8) is 0 Å². The lowest BCUT2D eigenvalue weighted by molar-refractivity contribution is -0.153. The molecule has 0 bridgehead atoms. The average Bonchev–Trinajstić information content (AvgIpc) is 3.27. The number of hydrogen-bond acceptors (Lipinski definition) is 6. The summed E-state index contributed by atoms with van der Waals surface area (Å²) in [5, 5.41) is -0.00540. The van der Waals surface area contributed by atoms with E-state index in [4.69, 9.17) is 4.74 Å². The zero-order valence-electron chi connectivity index (χ0n) is 22.8. The third-order valence-corrected chi connectivity index (χ3v) is 7.25. The lowest BCUT2D eigenvalue weighted by Gasteiger charge is -2.24. The number of fused-ring (bicyclic) bond motifs is 1. The predicted molar refractivity (Wildman–Crippen MR) is 147 cm³/mol. The van der Waals surface area contributed by atoms with Gasteiger partial charge < -0.3 is 4.74 Å². The molecule has 4 aromatic rings. The van der Waals surface area contributed by atoms with Crippen molar-refractivity contribution in [2.75, 3.05) is 18.6 Å². The number of pyridine rings is 2. The molecule has 1 amide bonds. The minimum atomic E-state index is -4.50. The van der Waals surface area contributed by atoms with Gasteiger partial charge in [0.1, 0.15) is 11.6 Å². The van der Waals surface area contributed by atoms with Gasteiger partial charge in [0.15, 0.2) is 6.61 Å². The fourth-order valence-electron chi connectivity index (χ4n) is 4.23. The molecule has 212 valence electrons. The molecule has 4 rings (SSSR count). The number of rotatable bonds is 7. The van der Waals surface area contributed by atoms with Crippen LogP contribution in [0.2, 0.25) is 0 Å². The lowest BCUT2D eigenvalue weighted by Crippen LogP contribution is -2.34. The van der Waals surface area contributed by atoms with Crippen LogP contribution in [0.1, 0.15) is 37.6 Å². The first-order chi connectivity index (χ1) is 18.7. The van der Waals surface area contributed by atoms with Gasteiger partial charge in [0, 0.05) is 25.0 Å². The Morgan fingerprint density at radius 3 is 2.48 bits per heavy atom. The van der Waals surface area contributed by atoms with E-state index in [0.717, 1.165) is 5.56 Å². The van der Waals surface area contributed by atoms with E-state index in [9.17, 15) is 22.2 Å². The molecule has 0 spiro atoms. The molecule has 0 aliphatic heterocycles. The summed E-state index contributed by atoms with van der Waals surface area (Å²) in [6, 6.07) is 11.5. The van der Waals surface area contributed by atoms with E-state index in [0.29, 0.717) is 28.8 Å². The number of ether oxygens (including phenoxy) is 1. The fraction of sp³-hybridized carbons (Fsp3) is 0.357. The Bertz CT molecular complexity index is 1560. The van der Waals surface area contributed by atoms with Crippen LogP contribution in [0, 0.1) is 12.3 Å². The number of benzene rings is 1. The molecule has 0 fully saturated rings. The van der Waals surface area contributed by atoms with Crippen LogP contribution in [0.25, 0.3) is 11.0 Å². The van der Waals surface area contributed by atoms with Crippen LogP contribution in [-0.2, 0) is 23.0 Å². The van der Waals surface area contributed by atoms with Crippen LogP contribution >= 0.6 is 0 Å². The van der Waals surface area contributed by atoms with Crippen molar-refractivity contribution in [1.29, 1.82) is 0 Å². The van der Waals surface area contributed by atoms with E-state index in [1.807, 2.05) is 12.1 Å². The summed E-state index contributed by atoms with van der Waals surface area (Å²) in [6.45, 7) is 6.37. The summed E-state index contributed by atoms with van der Waals surface area (Å²) in [7, 11) is -0.287. The maximum absolute atomic E-state index is 13.9. The third-order valence-electron chi connectivity index (χ3n) is 6.04.